The maximum Gasteiger partial charge on any atom is 0.236 e. The van der Waals surface area contributed by atoms with Crippen LogP contribution in [0.3, 0.4) is 0 Å². The molecular formula is C16H24N2O2S. The zero-order chi connectivity index (χ0) is 14.7. The second kappa shape index (κ2) is 6.46. The molecule has 0 aliphatic carbocycles. The molecule has 0 saturated carbocycles. The van der Waals surface area contributed by atoms with Crippen LogP contribution in [-0.2, 0) is 22.5 Å². The van der Waals surface area contributed by atoms with Crippen LogP contribution in [-0.4, -0.2) is 43.7 Å². The van der Waals surface area contributed by atoms with Crippen LogP contribution in [0.25, 0.3) is 0 Å². The highest BCUT2D eigenvalue weighted by molar-refractivity contribution is 7.10. The van der Waals surface area contributed by atoms with Crippen molar-refractivity contribution < 1.29 is 9.53 Å². The summed E-state index contributed by atoms with van der Waals surface area (Å²) in [5.41, 5.74) is 1.61. The molecule has 0 bridgehead atoms. The van der Waals surface area contributed by atoms with Gasteiger partial charge in [0.25, 0.3) is 0 Å². The molecule has 1 amide bonds. The van der Waals surface area contributed by atoms with Gasteiger partial charge in [0.2, 0.25) is 5.91 Å². The van der Waals surface area contributed by atoms with Crippen molar-refractivity contribution in [3.05, 3.63) is 21.9 Å². The highest BCUT2D eigenvalue weighted by atomic mass is 32.1. The molecule has 0 spiro atoms. The van der Waals surface area contributed by atoms with E-state index in [1.807, 2.05) is 16.2 Å². The van der Waals surface area contributed by atoms with Crippen LogP contribution in [0.5, 0.6) is 0 Å². The van der Waals surface area contributed by atoms with Gasteiger partial charge in [0.15, 0.2) is 0 Å². The minimum atomic E-state index is 0.225. The topological polar surface area (TPSA) is 41.6 Å². The Morgan fingerprint density at radius 1 is 1.48 bits per heavy atom. The second-order valence-electron chi connectivity index (χ2n) is 6.46. The second-order valence-corrected chi connectivity index (χ2v) is 7.46. The van der Waals surface area contributed by atoms with Crippen LogP contribution in [0.1, 0.15) is 30.2 Å². The number of hydrogen-bond donors (Lipinski definition) is 1. The number of fused-ring (bicyclic) bond motifs is 1. The van der Waals surface area contributed by atoms with E-state index in [1.165, 1.54) is 10.4 Å². The van der Waals surface area contributed by atoms with Crippen LogP contribution < -0.4 is 5.32 Å². The van der Waals surface area contributed by atoms with E-state index in [-0.39, 0.29) is 11.3 Å². The molecule has 2 aliphatic heterocycles. The molecule has 1 aromatic rings. The van der Waals surface area contributed by atoms with Gasteiger partial charge in [0.05, 0.1) is 6.54 Å². The number of hydrogen-bond acceptors (Lipinski definition) is 4. The van der Waals surface area contributed by atoms with Crippen LogP contribution in [0, 0.1) is 5.41 Å². The molecule has 1 fully saturated rings. The summed E-state index contributed by atoms with van der Waals surface area (Å²) in [6.45, 7) is 6.98. The summed E-state index contributed by atoms with van der Waals surface area (Å²) < 4.78 is 5.41. The van der Waals surface area contributed by atoms with E-state index in [1.54, 1.807) is 0 Å². The number of rotatable bonds is 4. The molecule has 2 aliphatic rings. The number of thiophene rings is 1. The van der Waals surface area contributed by atoms with E-state index in [9.17, 15) is 4.79 Å². The SMILES string of the molecule is CC1(CNCC(=O)N2CCc3sccc3C2)CCOCC1. The van der Waals surface area contributed by atoms with E-state index in [2.05, 4.69) is 23.7 Å². The van der Waals surface area contributed by atoms with Gasteiger partial charge in [-0.1, -0.05) is 6.92 Å². The lowest BCUT2D eigenvalue weighted by Crippen LogP contribution is -2.44. The lowest BCUT2D eigenvalue weighted by molar-refractivity contribution is -0.131. The Morgan fingerprint density at radius 2 is 2.29 bits per heavy atom. The van der Waals surface area contributed by atoms with Crippen molar-refractivity contribution in [1.82, 2.24) is 10.2 Å². The number of carbonyl (C=O) groups is 1. The van der Waals surface area contributed by atoms with E-state index in [4.69, 9.17) is 4.74 Å². The molecule has 3 heterocycles. The third-order valence-corrected chi connectivity index (χ3v) is 5.71. The van der Waals surface area contributed by atoms with Crippen LogP contribution in [0.4, 0.5) is 0 Å². The van der Waals surface area contributed by atoms with Crippen molar-refractivity contribution in [2.45, 2.75) is 32.7 Å². The van der Waals surface area contributed by atoms with Gasteiger partial charge < -0.3 is 15.0 Å². The lowest BCUT2D eigenvalue weighted by atomic mass is 9.82. The first kappa shape index (κ1) is 15.0. The van der Waals surface area contributed by atoms with Crippen molar-refractivity contribution >= 4 is 17.2 Å². The zero-order valence-electron chi connectivity index (χ0n) is 12.7. The highest BCUT2D eigenvalue weighted by Crippen LogP contribution is 2.28. The molecule has 0 atom stereocenters. The quantitative estimate of drug-likeness (QED) is 0.925. The molecule has 4 nitrogen and oxygen atoms in total. The van der Waals surface area contributed by atoms with Gasteiger partial charge in [0.1, 0.15) is 0 Å². The lowest BCUT2D eigenvalue weighted by Gasteiger charge is -2.34. The molecule has 0 aromatic carbocycles. The molecule has 0 radical (unpaired) electrons. The Balaban J connectivity index is 1.44. The summed E-state index contributed by atoms with van der Waals surface area (Å²) in [5, 5.41) is 5.49. The predicted molar refractivity (Wildman–Crippen MR) is 84.5 cm³/mol. The molecule has 0 unspecified atom stereocenters. The first-order valence-electron chi connectivity index (χ1n) is 7.78. The van der Waals surface area contributed by atoms with Crippen molar-refractivity contribution in [2.24, 2.45) is 5.41 Å². The van der Waals surface area contributed by atoms with Crippen molar-refractivity contribution in [3.8, 4) is 0 Å². The number of ether oxygens (including phenoxy) is 1. The minimum absolute atomic E-state index is 0.225. The first-order chi connectivity index (χ1) is 10.2. The van der Waals surface area contributed by atoms with E-state index >= 15 is 0 Å². The summed E-state index contributed by atoms with van der Waals surface area (Å²) >= 11 is 1.81. The zero-order valence-corrected chi connectivity index (χ0v) is 13.5. The molecule has 21 heavy (non-hydrogen) atoms. The Labute approximate surface area is 130 Å². The van der Waals surface area contributed by atoms with Crippen LogP contribution in [0.15, 0.2) is 11.4 Å². The number of nitrogens with one attached hydrogen (secondary N) is 1. The molecule has 1 saturated heterocycles. The number of nitrogens with zero attached hydrogens (tertiary/aromatic N) is 1. The smallest absolute Gasteiger partial charge is 0.236 e. The Hall–Kier alpha value is -0.910. The highest BCUT2D eigenvalue weighted by Gasteiger charge is 2.27. The fourth-order valence-corrected chi connectivity index (χ4v) is 3.98. The summed E-state index contributed by atoms with van der Waals surface area (Å²) in [4.78, 5) is 15.7. The van der Waals surface area contributed by atoms with Crippen LogP contribution >= 0.6 is 11.3 Å². The molecule has 3 rings (SSSR count). The fourth-order valence-electron chi connectivity index (χ4n) is 3.09. The van der Waals surface area contributed by atoms with Gasteiger partial charge in [0, 0.05) is 37.7 Å². The number of carbonyl (C=O) groups excluding carboxylic acids is 1. The van der Waals surface area contributed by atoms with E-state index in [0.717, 1.165) is 52.1 Å². The molecule has 116 valence electrons. The Bertz CT molecular complexity index is 494. The van der Waals surface area contributed by atoms with Gasteiger partial charge >= 0.3 is 0 Å². The Morgan fingerprint density at radius 3 is 3.10 bits per heavy atom. The third kappa shape index (κ3) is 3.65. The maximum absolute atomic E-state index is 12.3. The maximum atomic E-state index is 12.3. The number of amides is 1. The standard InChI is InChI=1S/C16H24N2O2S/c1-16(4-7-20-8-5-16)12-17-10-15(19)18-6-2-14-13(11-18)3-9-21-14/h3,9,17H,2,4-8,10-12H2,1H3. The summed E-state index contributed by atoms with van der Waals surface area (Å²) in [5.74, 6) is 0.225. The predicted octanol–water partition coefficient (Wildman–Crippen LogP) is 2.04. The molecule has 1 N–H and O–H groups in total. The van der Waals surface area contributed by atoms with Gasteiger partial charge in [-0.15, -0.1) is 11.3 Å². The monoisotopic (exact) mass is 308 g/mol. The fraction of sp³-hybridized carbons (Fsp3) is 0.688. The van der Waals surface area contributed by atoms with Crippen molar-refractivity contribution in [2.75, 3.05) is 32.8 Å². The normalized spacial score (nSPS) is 21.1. The van der Waals surface area contributed by atoms with Gasteiger partial charge in [-0.25, -0.2) is 0 Å². The van der Waals surface area contributed by atoms with Crippen LogP contribution in [0.2, 0.25) is 0 Å². The average molecular weight is 308 g/mol. The summed E-state index contributed by atoms with van der Waals surface area (Å²) in [7, 11) is 0. The average Bonchev–Trinajstić information content (AvgIpc) is 2.95. The molecule has 5 heteroatoms. The molecule has 1 aromatic heterocycles. The van der Waals surface area contributed by atoms with Gasteiger partial charge in [-0.3, -0.25) is 4.79 Å². The van der Waals surface area contributed by atoms with Crippen molar-refractivity contribution in [3.63, 3.8) is 0 Å². The van der Waals surface area contributed by atoms with Gasteiger partial charge in [-0.05, 0) is 41.7 Å². The van der Waals surface area contributed by atoms with Gasteiger partial charge in [-0.2, -0.15) is 0 Å². The molecular weight excluding hydrogens is 284 g/mol. The first-order valence-corrected chi connectivity index (χ1v) is 8.66. The third-order valence-electron chi connectivity index (χ3n) is 4.69. The minimum Gasteiger partial charge on any atom is -0.381 e. The summed E-state index contributed by atoms with van der Waals surface area (Å²) in [6, 6.07) is 2.15. The van der Waals surface area contributed by atoms with E-state index < -0.39 is 0 Å². The van der Waals surface area contributed by atoms with E-state index in [0.29, 0.717) is 6.54 Å². The largest absolute Gasteiger partial charge is 0.381 e. The Kier molecular flexibility index (Phi) is 4.62. The van der Waals surface area contributed by atoms with Crippen molar-refractivity contribution in [1.29, 1.82) is 0 Å². The summed E-state index contributed by atoms with van der Waals surface area (Å²) in [6.07, 6.45) is 3.17.